The van der Waals surface area contributed by atoms with Gasteiger partial charge in [0.15, 0.2) is 0 Å². The molecule has 0 amide bonds. The predicted molar refractivity (Wildman–Crippen MR) is 41.6 cm³/mol. The molecule has 0 radical (unpaired) electrons. The van der Waals surface area contributed by atoms with Crippen molar-refractivity contribution in [3.05, 3.63) is 30.5 Å². The van der Waals surface area contributed by atoms with E-state index < -0.39 is 0 Å². The second kappa shape index (κ2) is 2.69. The summed E-state index contributed by atoms with van der Waals surface area (Å²) in [6.45, 7) is 0.549. The molecule has 0 aliphatic rings. The van der Waals surface area contributed by atoms with Crippen molar-refractivity contribution in [3.8, 4) is 5.88 Å². The summed E-state index contributed by atoms with van der Waals surface area (Å²) in [5.41, 5.74) is 0. The first-order valence-electron chi connectivity index (χ1n) is 3.55. The van der Waals surface area contributed by atoms with Crippen LogP contribution in [0.5, 0.6) is 5.88 Å². The lowest BCUT2D eigenvalue weighted by Gasteiger charge is -1.95. The van der Waals surface area contributed by atoms with Crippen molar-refractivity contribution in [1.82, 2.24) is 19.7 Å². The first-order valence-corrected chi connectivity index (χ1v) is 3.55. The van der Waals surface area contributed by atoms with Crippen LogP contribution in [0.15, 0.2) is 24.7 Å². The molecule has 0 atom stereocenters. The topological polar surface area (TPSA) is 66.7 Å². The van der Waals surface area contributed by atoms with E-state index in [1.54, 1.807) is 10.9 Å². The monoisotopic (exact) mass is 164 g/mol. The van der Waals surface area contributed by atoms with Gasteiger partial charge in [0.25, 0.3) is 0 Å². The fourth-order valence-corrected chi connectivity index (χ4v) is 0.979. The highest BCUT2D eigenvalue weighted by Crippen LogP contribution is 2.03. The molecule has 0 fully saturated rings. The lowest BCUT2D eigenvalue weighted by Crippen LogP contribution is -2.01. The highest BCUT2D eigenvalue weighted by molar-refractivity contribution is 5.04. The minimum absolute atomic E-state index is 0.0807. The number of rotatable bonds is 2. The zero-order valence-electron chi connectivity index (χ0n) is 6.31. The lowest BCUT2D eigenvalue weighted by molar-refractivity contribution is 0.454. The largest absolute Gasteiger partial charge is 0.493 e. The minimum atomic E-state index is 0.0807. The Kier molecular flexibility index (Phi) is 1.55. The molecule has 2 heterocycles. The van der Waals surface area contributed by atoms with E-state index in [0.29, 0.717) is 12.4 Å². The maximum atomic E-state index is 8.93. The molecule has 2 aromatic rings. The van der Waals surface area contributed by atoms with Gasteiger partial charge in [-0.25, -0.2) is 4.98 Å². The van der Waals surface area contributed by atoms with E-state index in [9.17, 15) is 0 Å². The Labute approximate surface area is 68.7 Å². The quantitative estimate of drug-likeness (QED) is 0.673. The molecule has 0 aliphatic carbocycles. The predicted octanol–water partition coefficient (Wildman–Crippen LogP) is 0.360. The zero-order chi connectivity index (χ0) is 8.39. The Balaban J connectivity index is 2.14. The van der Waals surface area contributed by atoms with Crippen LogP contribution in [0.3, 0.4) is 0 Å². The summed E-state index contributed by atoms with van der Waals surface area (Å²) in [6, 6.07) is 1.84. The Morgan fingerprint density at radius 1 is 1.58 bits per heavy atom. The average molecular weight is 164 g/mol. The maximum Gasteiger partial charge on any atom is 0.208 e. The molecule has 62 valence electrons. The molecule has 0 spiro atoms. The minimum Gasteiger partial charge on any atom is -0.493 e. The number of hydrogen-bond donors (Lipinski definition) is 2. The van der Waals surface area contributed by atoms with Crippen molar-refractivity contribution in [2.75, 3.05) is 0 Å². The Bertz CT molecular complexity index is 351. The van der Waals surface area contributed by atoms with Gasteiger partial charge in [-0.15, -0.1) is 0 Å². The van der Waals surface area contributed by atoms with Crippen LogP contribution in [-0.4, -0.2) is 24.9 Å². The second-order valence-electron chi connectivity index (χ2n) is 2.42. The van der Waals surface area contributed by atoms with E-state index in [-0.39, 0.29) is 5.88 Å². The van der Waals surface area contributed by atoms with Gasteiger partial charge in [-0.1, -0.05) is 0 Å². The van der Waals surface area contributed by atoms with Crippen molar-refractivity contribution in [1.29, 1.82) is 0 Å². The molecule has 0 unspecified atom stereocenters. The van der Waals surface area contributed by atoms with E-state index in [0.717, 1.165) is 0 Å². The standard InChI is InChI=1S/C7H8N4O/c12-7-4-8-6(10-7)5-11-3-1-2-9-11/h1-4,12H,5H2,(H,8,10). The Morgan fingerprint density at radius 2 is 2.50 bits per heavy atom. The summed E-state index contributed by atoms with van der Waals surface area (Å²) in [4.78, 5) is 6.62. The molecular weight excluding hydrogens is 156 g/mol. The van der Waals surface area contributed by atoms with Gasteiger partial charge in [-0.2, -0.15) is 5.10 Å². The average Bonchev–Trinajstić information content (AvgIpc) is 2.63. The first-order chi connectivity index (χ1) is 5.84. The number of aromatic hydroxyl groups is 1. The van der Waals surface area contributed by atoms with E-state index in [1.165, 1.54) is 6.20 Å². The smallest absolute Gasteiger partial charge is 0.208 e. The van der Waals surface area contributed by atoms with Gasteiger partial charge in [0.2, 0.25) is 5.88 Å². The zero-order valence-corrected chi connectivity index (χ0v) is 6.31. The number of imidazole rings is 1. The van der Waals surface area contributed by atoms with E-state index >= 15 is 0 Å². The van der Waals surface area contributed by atoms with Gasteiger partial charge < -0.3 is 10.1 Å². The highest BCUT2D eigenvalue weighted by atomic mass is 16.3. The van der Waals surface area contributed by atoms with Crippen LogP contribution in [0.25, 0.3) is 0 Å². The highest BCUT2D eigenvalue weighted by Gasteiger charge is 1.98. The van der Waals surface area contributed by atoms with E-state index in [1.807, 2.05) is 12.3 Å². The Hall–Kier alpha value is -1.78. The molecular formula is C7H8N4O. The summed E-state index contributed by atoms with van der Waals surface area (Å²) in [5.74, 6) is 0.772. The third-order valence-corrected chi connectivity index (χ3v) is 1.49. The molecule has 5 heteroatoms. The molecule has 0 saturated heterocycles. The molecule has 2 rings (SSSR count). The van der Waals surface area contributed by atoms with Crippen molar-refractivity contribution in [3.63, 3.8) is 0 Å². The number of H-pyrrole nitrogens is 1. The normalized spacial score (nSPS) is 10.3. The summed E-state index contributed by atoms with van der Waals surface area (Å²) in [7, 11) is 0. The molecule has 5 nitrogen and oxygen atoms in total. The molecule has 0 bridgehead atoms. The summed E-state index contributed by atoms with van der Waals surface area (Å²) >= 11 is 0. The van der Waals surface area contributed by atoms with Crippen LogP contribution in [0.1, 0.15) is 5.82 Å². The number of aromatic amines is 1. The van der Waals surface area contributed by atoms with Gasteiger partial charge >= 0.3 is 0 Å². The molecule has 2 N–H and O–H groups in total. The Morgan fingerprint density at radius 3 is 3.08 bits per heavy atom. The van der Waals surface area contributed by atoms with Gasteiger partial charge in [0.05, 0.1) is 12.7 Å². The fourth-order valence-electron chi connectivity index (χ4n) is 0.979. The van der Waals surface area contributed by atoms with Crippen molar-refractivity contribution in [2.24, 2.45) is 0 Å². The fraction of sp³-hybridized carbons (Fsp3) is 0.143. The van der Waals surface area contributed by atoms with Crippen LogP contribution in [0, 0.1) is 0 Å². The summed E-state index contributed by atoms with van der Waals surface area (Å²) in [6.07, 6.45) is 4.90. The van der Waals surface area contributed by atoms with Crippen molar-refractivity contribution < 1.29 is 5.11 Å². The maximum absolute atomic E-state index is 8.93. The molecule has 0 saturated carbocycles. The third kappa shape index (κ3) is 1.29. The van der Waals surface area contributed by atoms with Crippen LogP contribution >= 0.6 is 0 Å². The van der Waals surface area contributed by atoms with Crippen LogP contribution < -0.4 is 0 Å². The molecule has 2 aromatic heterocycles. The van der Waals surface area contributed by atoms with Crippen LogP contribution in [0.4, 0.5) is 0 Å². The summed E-state index contributed by atoms with van der Waals surface area (Å²) < 4.78 is 1.72. The van der Waals surface area contributed by atoms with Crippen LogP contribution in [0.2, 0.25) is 0 Å². The van der Waals surface area contributed by atoms with Gasteiger partial charge in [0, 0.05) is 12.4 Å². The number of aromatic nitrogens is 4. The first kappa shape index (κ1) is 6.90. The van der Waals surface area contributed by atoms with Gasteiger partial charge in [0.1, 0.15) is 5.82 Å². The second-order valence-corrected chi connectivity index (χ2v) is 2.42. The number of hydrogen-bond acceptors (Lipinski definition) is 3. The summed E-state index contributed by atoms with van der Waals surface area (Å²) in [5, 5.41) is 12.9. The number of nitrogens with zero attached hydrogens (tertiary/aromatic N) is 3. The van der Waals surface area contributed by atoms with Crippen LogP contribution in [-0.2, 0) is 6.54 Å². The third-order valence-electron chi connectivity index (χ3n) is 1.49. The molecule has 0 aliphatic heterocycles. The number of nitrogens with one attached hydrogen (secondary N) is 1. The lowest BCUT2D eigenvalue weighted by atomic mass is 10.6. The van der Waals surface area contributed by atoms with Crippen molar-refractivity contribution >= 4 is 0 Å². The SMILES string of the molecule is Oc1cnc(Cn2cccn2)[nH]1. The van der Waals surface area contributed by atoms with Crippen molar-refractivity contribution in [2.45, 2.75) is 6.54 Å². The molecule has 0 aromatic carbocycles. The van der Waals surface area contributed by atoms with E-state index in [2.05, 4.69) is 15.1 Å². The van der Waals surface area contributed by atoms with Gasteiger partial charge in [-0.3, -0.25) is 4.68 Å². The van der Waals surface area contributed by atoms with E-state index in [4.69, 9.17) is 5.11 Å². The van der Waals surface area contributed by atoms with Gasteiger partial charge in [-0.05, 0) is 6.07 Å². The molecule has 12 heavy (non-hydrogen) atoms.